The smallest absolute Gasteiger partial charge is 0.380 e. The minimum atomic E-state index is -4.71. The number of nitrogens with zero attached hydrogens (tertiary/aromatic N) is 3. The van der Waals surface area contributed by atoms with Gasteiger partial charge >= 0.3 is 6.18 Å². The Labute approximate surface area is 179 Å². The fourth-order valence-corrected chi connectivity index (χ4v) is 3.17. The van der Waals surface area contributed by atoms with Crippen LogP contribution in [0.2, 0.25) is 0 Å². The van der Waals surface area contributed by atoms with Crippen molar-refractivity contribution in [2.75, 3.05) is 18.0 Å². The molecular weight excluding hydrogens is 407 g/mol. The first-order valence-electron chi connectivity index (χ1n) is 9.60. The third-order valence-corrected chi connectivity index (χ3v) is 4.81. The zero-order valence-electron chi connectivity index (χ0n) is 17.2. The molecule has 0 unspecified atom stereocenters. The number of carbonyl (C=O) groups excluding carboxylic acids is 1. The van der Waals surface area contributed by atoms with Crippen molar-refractivity contribution in [2.24, 2.45) is 0 Å². The first-order chi connectivity index (χ1) is 14.5. The maximum atomic E-state index is 13.2. The van der Waals surface area contributed by atoms with Crippen LogP contribution in [0, 0.1) is 17.9 Å². The number of alkyl halides is 3. The lowest BCUT2D eigenvalue weighted by molar-refractivity contribution is -0.137. The molecule has 1 N–H and O–H groups in total. The van der Waals surface area contributed by atoms with Crippen LogP contribution in [-0.2, 0) is 17.4 Å². The molecule has 0 spiro atoms. The summed E-state index contributed by atoms with van der Waals surface area (Å²) >= 11 is 0. The molecule has 2 aromatic carbocycles. The SMILES string of the molecule is [C-]#[N+]c1ccc(CC(=O)[C@@](C)(O)CN(CCC)c2ccc(C#N)cc2)cc1C(F)(F)F. The quantitative estimate of drug-likeness (QED) is 0.606. The number of halogens is 3. The van der Waals surface area contributed by atoms with Crippen molar-refractivity contribution in [1.29, 1.82) is 5.26 Å². The molecule has 0 heterocycles. The lowest BCUT2D eigenvalue weighted by atomic mass is 9.93. The zero-order valence-corrected chi connectivity index (χ0v) is 17.2. The Kier molecular flexibility index (Phi) is 7.43. The number of Topliss-reactive ketones (excluding diaryl/α,β-unsaturated/α-hetero) is 1. The molecule has 0 saturated heterocycles. The first kappa shape index (κ1) is 23.9. The van der Waals surface area contributed by atoms with Crippen molar-refractivity contribution in [3.05, 3.63) is 70.6 Å². The lowest BCUT2D eigenvalue weighted by Crippen LogP contribution is -2.48. The van der Waals surface area contributed by atoms with Crippen molar-refractivity contribution in [1.82, 2.24) is 0 Å². The number of carbonyl (C=O) groups is 1. The summed E-state index contributed by atoms with van der Waals surface area (Å²) in [6.07, 6.45) is -4.38. The average molecular weight is 429 g/mol. The van der Waals surface area contributed by atoms with E-state index in [1.165, 1.54) is 13.0 Å². The Bertz CT molecular complexity index is 1020. The Hall–Kier alpha value is -3.36. The molecule has 2 aromatic rings. The number of hydrogen-bond acceptors (Lipinski definition) is 4. The zero-order chi connectivity index (χ0) is 23.2. The van der Waals surface area contributed by atoms with Gasteiger partial charge in [0.05, 0.1) is 30.3 Å². The normalized spacial score (nSPS) is 13.0. The van der Waals surface area contributed by atoms with E-state index in [2.05, 4.69) is 4.85 Å². The van der Waals surface area contributed by atoms with Crippen LogP contribution in [-0.4, -0.2) is 29.6 Å². The topological polar surface area (TPSA) is 68.7 Å². The van der Waals surface area contributed by atoms with Crippen LogP contribution in [0.25, 0.3) is 4.85 Å². The Morgan fingerprint density at radius 1 is 1.23 bits per heavy atom. The van der Waals surface area contributed by atoms with E-state index in [0.717, 1.165) is 24.2 Å². The van der Waals surface area contributed by atoms with Gasteiger partial charge in [0.1, 0.15) is 5.60 Å². The van der Waals surface area contributed by atoms with Gasteiger partial charge in [0, 0.05) is 18.7 Å². The molecule has 2 rings (SSSR count). The van der Waals surface area contributed by atoms with E-state index in [-0.39, 0.29) is 12.1 Å². The molecular formula is C23H22F3N3O2. The Morgan fingerprint density at radius 2 is 1.87 bits per heavy atom. The highest BCUT2D eigenvalue weighted by Gasteiger charge is 2.35. The lowest BCUT2D eigenvalue weighted by Gasteiger charge is -2.32. The molecule has 1 atom stereocenters. The highest BCUT2D eigenvalue weighted by molar-refractivity contribution is 5.89. The molecule has 0 amide bonds. The van der Waals surface area contributed by atoms with E-state index in [1.54, 1.807) is 29.2 Å². The molecule has 0 radical (unpaired) electrons. The second kappa shape index (κ2) is 9.63. The predicted molar refractivity (Wildman–Crippen MR) is 111 cm³/mol. The average Bonchev–Trinajstić information content (AvgIpc) is 2.72. The van der Waals surface area contributed by atoms with Crippen LogP contribution in [0.5, 0.6) is 0 Å². The van der Waals surface area contributed by atoms with Gasteiger partial charge in [-0.15, -0.1) is 0 Å². The minimum absolute atomic E-state index is 0.0577. The van der Waals surface area contributed by atoms with Crippen molar-refractivity contribution >= 4 is 17.2 Å². The summed E-state index contributed by atoms with van der Waals surface area (Å²) in [4.78, 5) is 17.4. The highest BCUT2D eigenvalue weighted by Crippen LogP contribution is 2.37. The van der Waals surface area contributed by atoms with Crippen LogP contribution in [0.1, 0.15) is 37.0 Å². The largest absolute Gasteiger partial charge is 0.407 e. The Morgan fingerprint density at radius 3 is 2.39 bits per heavy atom. The summed E-state index contributed by atoms with van der Waals surface area (Å²) in [6, 6.07) is 11.8. The predicted octanol–water partition coefficient (Wildman–Crippen LogP) is 4.91. The van der Waals surface area contributed by atoms with E-state index in [1.807, 2.05) is 13.0 Å². The van der Waals surface area contributed by atoms with Crippen molar-refractivity contribution in [3.63, 3.8) is 0 Å². The van der Waals surface area contributed by atoms with Crippen LogP contribution in [0.3, 0.4) is 0 Å². The highest BCUT2D eigenvalue weighted by atomic mass is 19.4. The molecule has 0 saturated carbocycles. The number of nitriles is 1. The molecule has 0 fully saturated rings. The second-order valence-corrected chi connectivity index (χ2v) is 7.42. The van der Waals surface area contributed by atoms with E-state index >= 15 is 0 Å². The van der Waals surface area contributed by atoms with Crippen LogP contribution < -0.4 is 4.90 Å². The van der Waals surface area contributed by atoms with E-state index in [0.29, 0.717) is 12.1 Å². The van der Waals surface area contributed by atoms with Gasteiger partial charge in [-0.1, -0.05) is 25.1 Å². The molecule has 5 nitrogen and oxygen atoms in total. The van der Waals surface area contributed by atoms with Gasteiger partial charge in [0.15, 0.2) is 11.5 Å². The maximum Gasteiger partial charge on any atom is 0.407 e. The van der Waals surface area contributed by atoms with Gasteiger partial charge in [-0.05, 0) is 43.2 Å². The molecule has 0 aliphatic heterocycles. The summed E-state index contributed by atoms with van der Waals surface area (Å²) < 4.78 is 39.5. The van der Waals surface area contributed by atoms with Crippen molar-refractivity contribution < 1.29 is 23.1 Å². The number of aliphatic hydroxyl groups is 1. The number of ketones is 1. The van der Waals surface area contributed by atoms with Gasteiger partial charge in [-0.25, -0.2) is 4.85 Å². The molecule has 0 aliphatic rings. The summed E-state index contributed by atoms with van der Waals surface area (Å²) in [5.41, 5.74) is -2.19. The summed E-state index contributed by atoms with van der Waals surface area (Å²) in [5, 5.41) is 19.8. The van der Waals surface area contributed by atoms with E-state index in [4.69, 9.17) is 11.8 Å². The van der Waals surface area contributed by atoms with Crippen molar-refractivity contribution in [2.45, 2.75) is 38.5 Å². The summed E-state index contributed by atoms with van der Waals surface area (Å²) in [7, 11) is 0. The number of benzene rings is 2. The van der Waals surface area contributed by atoms with Gasteiger partial charge in [0.2, 0.25) is 0 Å². The van der Waals surface area contributed by atoms with Crippen molar-refractivity contribution in [3.8, 4) is 6.07 Å². The number of rotatable bonds is 8. The summed E-state index contributed by atoms with van der Waals surface area (Å²) in [6.45, 7) is 10.6. The van der Waals surface area contributed by atoms with Gasteiger partial charge < -0.3 is 10.0 Å². The maximum absolute atomic E-state index is 13.2. The van der Waals surface area contributed by atoms with Crippen LogP contribution >= 0.6 is 0 Å². The molecule has 0 bridgehead atoms. The number of anilines is 1. The van der Waals surface area contributed by atoms with Gasteiger partial charge in [0.25, 0.3) is 0 Å². The van der Waals surface area contributed by atoms with Crippen LogP contribution in [0.15, 0.2) is 42.5 Å². The number of hydrogen-bond donors (Lipinski definition) is 1. The van der Waals surface area contributed by atoms with E-state index in [9.17, 15) is 23.1 Å². The van der Waals surface area contributed by atoms with E-state index < -0.39 is 35.2 Å². The minimum Gasteiger partial charge on any atom is -0.380 e. The monoisotopic (exact) mass is 429 g/mol. The summed E-state index contributed by atoms with van der Waals surface area (Å²) in [5.74, 6) is -0.633. The molecule has 162 valence electrons. The molecule has 0 aliphatic carbocycles. The second-order valence-electron chi connectivity index (χ2n) is 7.42. The third kappa shape index (κ3) is 6.07. The standard InChI is InChI=1S/C23H22F3N3O2/c1-4-11-29(18-8-5-16(14-27)6-9-18)15-22(2,31)21(30)13-17-7-10-20(28-3)19(12-17)23(24,25)26/h5-10,12,31H,4,11,13,15H2,1-2H3/t22-/m0/s1. The Balaban J connectivity index is 2.23. The fourth-order valence-electron chi connectivity index (χ4n) is 3.17. The fraction of sp³-hybridized carbons (Fsp3) is 0.348. The molecule has 8 heteroatoms. The molecule has 31 heavy (non-hydrogen) atoms. The first-order valence-corrected chi connectivity index (χ1v) is 9.60. The molecule has 0 aromatic heterocycles. The van der Waals surface area contributed by atoms with Crippen LogP contribution in [0.4, 0.5) is 24.5 Å². The third-order valence-electron chi connectivity index (χ3n) is 4.81. The van der Waals surface area contributed by atoms with Gasteiger partial charge in [-0.2, -0.15) is 18.4 Å². The van der Waals surface area contributed by atoms with Gasteiger partial charge in [-0.3, -0.25) is 4.79 Å².